The molecule has 2 fully saturated rings. The first-order valence-electron chi connectivity index (χ1n) is 7.69. The van der Waals surface area contributed by atoms with Crippen LogP contribution in [0.5, 0.6) is 0 Å². The lowest BCUT2D eigenvalue weighted by Crippen LogP contribution is -2.49. The second-order valence-electron chi connectivity index (χ2n) is 5.65. The summed E-state index contributed by atoms with van der Waals surface area (Å²) < 4.78 is 0. The van der Waals surface area contributed by atoms with E-state index in [2.05, 4.69) is 5.32 Å². The molecule has 2 N–H and O–H groups in total. The van der Waals surface area contributed by atoms with Crippen molar-refractivity contribution in [1.82, 2.24) is 15.1 Å². The zero-order valence-corrected chi connectivity index (χ0v) is 11.8. The summed E-state index contributed by atoms with van der Waals surface area (Å²) in [5.41, 5.74) is 0. The fourth-order valence-corrected chi connectivity index (χ4v) is 3.03. The van der Waals surface area contributed by atoms with Gasteiger partial charge >= 0.3 is 6.03 Å². The van der Waals surface area contributed by atoms with E-state index < -0.39 is 0 Å². The van der Waals surface area contributed by atoms with Gasteiger partial charge in [-0.3, -0.25) is 0 Å². The zero-order valence-electron chi connectivity index (χ0n) is 11.8. The predicted octanol–water partition coefficient (Wildman–Crippen LogP) is 1.03. The third-order valence-electron chi connectivity index (χ3n) is 4.12. The Balaban J connectivity index is 1.89. The van der Waals surface area contributed by atoms with E-state index in [4.69, 9.17) is 0 Å². The summed E-state index contributed by atoms with van der Waals surface area (Å²) in [4.78, 5) is 16.3. The molecule has 0 bridgehead atoms. The van der Waals surface area contributed by atoms with Crippen molar-refractivity contribution >= 4 is 6.03 Å². The summed E-state index contributed by atoms with van der Waals surface area (Å²) in [7, 11) is 0. The Morgan fingerprint density at radius 2 is 1.95 bits per heavy atom. The Kier molecular flexibility index (Phi) is 5.92. The molecule has 2 saturated heterocycles. The lowest BCUT2D eigenvalue weighted by molar-refractivity contribution is 0.136. The van der Waals surface area contributed by atoms with Gasteiger partial charge in [-0.25, -0.2) is 4.79 Å². The quantitative estimate of drug-likeness (QED) is 0.801. The van der Waals surface area contributed by atoms with Crippen LogP contribution >= 0.6 is 0 Å². The van der Waals surface area contributed by atoms with E-state index >= 15 is 0 Å². The second-order valence-corrected chi connectivity index (χ2v) is 5.65. The molecule has 19 heavy (non-hydrogen) atoms. The highest BCUT2D eigenvalue weighted by Crippen LogP contribution is 2.13. The molecule has 1 atom stereocenters. The van der Waals surface area contributed by atoms with Gasteiger partial charge in [0.1, 0.15) is 0 Å². The van der Waals surface area contributed by atoms with E-state index in [1.807, 2.05) is 9.80 Å². The topological polar surface area (TPSA) is 55.8 Å². The summed E-state index contributed by atoms with van der Waals surface area (Å²) >= 11 is 0. The molecule has 1 unspecified atom stereocenters. The molecule has 110 valence electrons. The van der Waals surface area contributed by atoms with Crippen molar-refractivity contribution in [3.8, 4) is 0 Å². The minimum absolute atomic E-state index is 0.0479. The average molecular weight is 269 g/mol. The molecule has 0 spiro atoms. The normalized spacial score (nSPS) is 24.3. The van der Waals surface area contributed by atoms with Gasteiger partial charge in [0, 0.05) is 32.2 Å². The predicted molar refractivity (Wildman–Crippen MR) is 75.1 cm³/mol. The highest BCUT2D eigenvalue weighted by molar-refractivity contribution is 5.74. The molecular formula is C14H27N3O2. The number of nitrogens with zero attached hydrogens (tertiary/aromatic N) is 2. The van der Waals surface area contributed by atoms with E-state index in [1.165, 1.54) is 19.3 Å². The molecule has 0 aromatic heterocycles. The highest BCUT2D eigenvalue weighted by atomic mass is 16.3. The van der Waals surface area contributed by atoms with Crippen LogP contribution in [0.3, 0.4) is 0 Å². The van der Waals surface area contributed by atoms with Gasteiger partial charge in [0.15, 0.2) is 0 Å². The van der Waals surface area contributed by atoms with E-state index in [9.17, 15) is 9.90 Å². The molecule has 2 heterocycles. The number of urea groups is 1. The van der Waals surface area contributed by atoms with Crippen LogP contribution in [0.1, 0.15) is 38.5 Å². The zero-order chi connectivity index (χ0) is 13.5. The number of amides is 2. The van der Waals surface area contributed by atoms with E-state index in [0.29, 0.717) is 12.6 Å². The summed E-state index contributed by atoms with van der Waals surface area (Å²) in [6, 6.07) is 0.520. The average Bonchev–Trinajstić information content (AvgIpc) is 2.77. The second kappa shape index (κ2) is 7.70. The number of carbonyl (C=O) groups is 1. The van der Waals surface area contributed by atoms with Gasteiger partial charge in [0.2, 0.25) is 0 Å². The van der Waals surface area contributed by atoms with E-state index in [-0.39, 0.29) is 12.6 Å². The van der Waals surface area contributed by atoms with Crippen LogP contribution in [0.4, 0.5) is 4.79 Å². The van der Waals surface area contributed by atoms with Crippen LogP contribution in [0, 0.1) is 0 Å². The number of hydrogen-bond acceptors (Lipinski definition) is 3. The molecular weight excluding hydrogens is 242 g/mol. The minimum atomic E-state index is 0.0479. The van der Waals surface area contributed by atoms with Gasteiger partial charge in [-0.2, -0.15) is 0 Å². The molecule has 5 heteroatoms. The van der Waals surface area contributed by atoms with E-state index in [0.717, 1.165) is 45.4 Å². The van der Waals surface area contributed by atoms with Crippen LogP contribution in [-0.4, -0.2) is 66.3 Å². The Morgan fingerprint density at radius 3 is 2.53 bits per heavy atom. The SMILES string of the molecule is O=C(N1CCCCCC1)N(CCO)CC1CCCN1. The number of nitrogens with one attached hydrogen (secondary N) is 1. The Hall–Kier alpha value is -0.810. The van der Waals surface area contributed by atoms with Gasteiger partial charge < -0.3 is 20.2 Å². The lowest BCUT2D eigenvalue weighted by atomic mass is 10.2. The first kappa shape index (κ1) is 14.6. The third-order valence-corrected chi connectivity index (χ3v) is 4.12. The molecule has 2 rings (SSSR count). The summed E-state index contributed by atoms with van der Waals surface area (Å²) in [5, 5.41) is 12.6. The third kappa shape index (κ3) is 4.35. The molecule has 0 aromatic rings. The number of likely N-dealkylation sites (tertiary alicyclic amines) is 1. The van der Waals surface area contributed by atoms with Crippen molar-refractivity contribution in [1.29, 1.82) is 0 Å². The smallest absolute Gasteiger partial charge is 0.320 e. The maximum absolute atomic E-state index is 12.5. The van der Waals surface area contributed by atoms with Gasteiger partial charge in [-0.05, 0) is 32.2 Å². The molecule has 2 aliphatic heterocycles. The summed E-state index contributed by atoms with van der Waals surface area (Å²) in [5.74, 6) is 0. The fraction of sp³-hybridized carbons (Fsp3) is 0.929. The van der Waals surface area contributed by atoms with Crippen LogP contribution < -0.4 is 5.32 Å². The van der Waals surface area contributed by atoms with Crippen LogP contribution in [0.25, 0.3) is 0 Å². The van der Waals surface area contributed by atoms with Gasteiger partial charge in [0.25, 0.3) is 0 Å². The van der Waals surface area contributed by atoms with Gasteiger partial charge in [0.05, 0.1) is 6.61 Å². The lowest BCUT2D eigenvalue weighted by Gasteiger charge is -2.31. The van der Waals surface area contributed by atoms with Crippen LogP contribution in [0.15, 0.2) is 0 Å². The summed E-state index contributed by atoms with van der Waals surface area (Å²) in [6.45, 7) is 4.03. The van der Waals surface area contributed by atoms with Crippen molar-refractivity contribution in [3.63, 3.8) is 0 Å². The van der Waals surface area contributed by atoms with Crippen molar-refractivity contribution in [3.05, 3.63) is 0 Å². The Bertz CT molecular complexity index is 272. The van der Waals surface area contributed by atoms with Crippen molar-refractivity contribution in [2.45, 2.75) is 44.6 Å². The number of aliphatic hydroxyl groups is 1. The molecule has 5 nitrogen and oxygen atoms in total. The first-order chi connectivity index (χ1) is 9.31. The summed E-state index contributed by atoms with van der Waals surface area (Å²) in [6.07, 6.45) is 7.01. The maximum atomic E-state index is 12.5. The van der Waals surface area contributed by atoms with Crippen molar-refractivity contribution in [2.75, 3.05) is 39.3 Å². The highest BCUT2D eigenvalue weighted by Gasteiger charge is 2.25. The van der Waals surface area contributed by atoms with Gasteiger partial charge in [-0.1, -0.05) is 12.8 Å². The number of rotatable bonds is 4. The molecule has 0 aliphatic carbocycles. The largest absolute Gasteiger partial charge is 0.395 e. The minimum Gasteiger partial charge on any atom is -0.395 e. The Labute approximate surface area is 115 Å². The molecule has 0 saturated carbocycles. The number of carbonyl (C=O) groups excluding carboxylic acids is 1. The van der Waals surface area contributed by atoms with Crippen molar-refractivity contribution in [2.24, 2.45) is 0 Å². The number of hydrogen-bond donors (Lipinski definition) is 2. The monoisotopic (exact) mass is 269 g/mol. The van der Waals surface area contributed by atoms with Crippen molar-refractivity contribution < 1.29 is 9.90 Å². The Morgan fingerprint density at radius 1 is 1.21 bits per heavy atom. The standard InChI is InChI=1S/C14H27N3O2/c18-11-10-17(12-13-6-5-7-15-13)14(19)16-8-3-1-2-4-9-16/h13,15,18H,1-12H2. The van der Waals surface area contributed by atoms with Crippen LogP contribution in [0.2, 0.25) is 0 Å². The molecule has 0 radical (unpaired) electrons. The number of aliphatic hydroxyl groups excluding tert-OH is 1. The fourth-order valence-electron chi connectivity index (χ4n) is 3.03. The van der Waals surface area contributed by atoms with E-state index in [1.54, 1.807) is 0 Å². The molecule has 2 aliphatic rings. The maximum Gasteiger partial charge on any atom is 0.320 e. The van der Waals surface area contributed by atoms with Gasteiger partial charge in [-0.15, -0.1) is 0 Å². The molecule has 2 amide bonds. The molecule has 0 aromatic carbocycles. The first-order valence-corrected chi connectivity index (χ1v) is 7.69. The van der Waals surface area contributed by atoms with Crippen LogP contribution in [-0.2, 0) is 0 Å².